The Morgan fingerprint density at radius 2 is 2.11 bits per heavy atom. The van der Waals surface area contributed by atoms with E-state index in [9.17, 15) is 9.59 Å². The van der Waals surface area contributed by atoms with Crippen LogP contribution >= 0.6 is 12.4 Å². The highest BCUT2D eigenvalue weighted by Gasteiger charge is 2.25. The molecule has 1 amide bonds. The Bertz CT molecular complexity index is 280. The summed E-state index contributed by atoms with van der Waals surface area (Å²) >= 11 is 0. The Balaban J connectivity index is 0.00000289. The Labute approximate surface area is 115 Å². The molecule has 1 unspecified atom stereocenters. The van der Waals surface area contributed by atoms with Crippen molar-refractivity contribution >= 4 is 24.3 Å². The molecule has 0 aromatic carbocycles. The molecule has 0 aliphatic carbocycles. The fourth-order valence-corrected chi connectivity index (χ4v) is 2.11. The quantitative estimate of drug-likeness (QED) is 0.774. The van der Waals surface area contributed by atoms with E-state index in [1.54, 1.807) is 18.9 Å². The molecule has 1 heterocycles. The summed E-state index contributed by atoms with van der Waals surface area (Å²) in [4.78, 5) is 24.9. The number of likely N-dealkylation sites (N-methyl/N-ethyl adjacent to an activating group) is 1. The molecule has 1 rings (SSSR count). The van der Waals surface area contributed by atoms with Crippen LogP contribution in [0.15, 0.2) is 0 Å². The van der Waals surface area contributed by atoms with E-state index in [1.807, 2.05) is 0 Å². The first kappa shape index (κ1) is 17.2. The van der Waals surface area contributed by atoms with Crippen LogP contribution in [-0.2, 0) is 14.3 Å². The minimum Gasteiger partial charge on any atom is -0.469 e. The summed E-state index contributed by atoms with van der Waals surface area (Å²) in [7, 11) is 3.10. The number of ether oxygens (including phenoxy) is 1. The first-order chi connectivity index (χ1) is 8.06. The summed E-state index contributed by atoms with van der Waals surface area (Å²) in [6.45, 7) is 3.07. The van der Waals surface area contributed by atoms with E-state index >= 15 is 0 Å². The van der Waals surface area contributed by atoms with Gasteiger partial charge in [0.2, 0.25) is 5.91 Å². The molecule has 6 heteroatoms. The van der Waals surface area contributed by atoms with E-state index in [1.165, 1.54) is 7.11 Å². The molecule has 0 aromatic rings. The van der Waals surface area contributed by atoms with Crippen LogP contribution in [0.2, 0.25) is 0 Å². The van der Waals surface area contributed by atoms with Crippen LogP contribution in [-0.4, -0.2) is 50.1 Å². The standard InChI is InChI=1S/C12H22N2O3.ClH/c1-9(12(16)17-3)8-14(2)11(15)10-6-4-5-7-13-10;/h9-10,13H,4-8H2,1-3H3;1H/t9?,10-;/m0./s1. The molecule has 1 saturated heterocycles. The Morgan fingerprint density at radius 1 is 1.44 bits per heavy atom. The highest BCUT2D eigenvalue weighted by atomic mass is 35.5. The van der Waals surface area contributed by atoms with Crippen molar-refractivity contribution < 1.29 is 14.3 Å². The zero-order valence-corrected chi connectivity index (χ0v) is 12.1. The molecule has 1 fully saturated rings. The van der Waals surface area contributed by atoms with Crippen molar-refractivity contribution in [1.29, 1.82) is 0 Å². The SMILES string of the molecule is COC(=O)C(C)CN(C)C(=O)[C@@H]1CCCCN1.Cl. The monoisotopic (exact) mass is 278 g/mol. The molecule has 0 spiro atoms. The van der Waals surface area contributed by atoms with Crippen LogP contribution in [0.5, 0.6) is 0 Å². The van der Waals surface area contributed by atoms with E-state index in [2.05, 4.69) is 10.1 Å². The Hall–Kier alpha value is -0.810. The summed E-state index contributed by atoms with van der Waals surface area (Å²) in [5.41, 5.74) is 0. The van der Waals surface area contributed by atoms with Gasteiger partial charge in [-0.3, -0.25) is 9.59 Å². The normalized spacial score (nSPS) is 20.5. The van der Waals surface area contributed by atoms with Crippen molar-refractivity contribution in [2.75, 3.05) is 27.2 Å². The maximum Gasteiger partial charge on any atom is 0.310 e. The van der Waals surface area contributed by atoms with Crippen LogP contribution in [0.1, 0.15) is 26.2 Å². The minimum atomic E-state index is -0.280. The van der Waals surface area contributed by atoms with Crippen LogP contribution in [0.25, 0.3) is 0 Å². The number of nitrogens with zero attached hydrogens (tertiary/aromatic N) is 1. The average Bonchev–Trinajstić information content (AvgIpc) is 2.37. The molecular formula is C12H23ClN2O3. The van der Waals surface area contributed by atoms with E-state index in [0.717, 1.165) is 25.8 Å². The van der Waals surface area contributed by atoms with E-state index < -0.39 is 0 Å². The third-order valence-electron chi connectivity index (χ3n) is 3.14. The van der Waals surface area contributed by atoms with Gasteiger partial charge in [0.05, 0.1) is 19.1 Å². The number of carbonyl (C=O) groups is 2. The van der Waals surface area contributed by atoms with Crippen molar-refractivity contribution in [3.8, 4) is 0 Å². The van der Waals surface area contributed by atoms with Gasteiger partial charge >= 0.3 is 5.97 Å². The first-order valence-electron chi connectivity index (χ1n) is 6.12. The molecule has 18 heavy (non-hydrogen) atoms. The number of hydrogen-bond acceptors (Lipinski definition) is 4. The van der Waals surface area contributed by atoms with Gasteiger partial charge in [-0.15, -0.1) is 12.4 Å². The van der Waals surface area contributed by atoms with E-state index in [0.29, 0.717) is 6.54 Å². The molecular weight excluding hydrogens is 256 g/mol. The topological polar surface area (TPSA) is 58.6 Å². The average molecular weight is 279 g/mol. The number of halogens is 1. The summed E-state index contributed by atoms with van der Waals surface area (Å²) in [6.07, 6.45) is 3.10. The van der Waals surface area contributed by atoms with Crippen LogP contribution < -0.4 is 5.32 Å². The van der Waals surface area contributed by atoms with Crippen LogP contribution in [0.3, 0.4) is 0 Å². The number of rotatable bonds is 4. The third kappa shape index (κ3) is 4.82. The predicted octanol–water partition coefficient (Wildman–Crippen LogP) is 0.818. The molecule has 106 valence electrons. The van der Waals surface area contributed by atoms with Gasteiger partial charge < -0.3 is 15.0 Å². The Kier molecular flexibility index (Phi) is 7.95. The summed E-state index contributed by atoms with van der Waals surface area (Å²) in [5.74, 6) is -0.487. The lowest BCUT2D eigenvalue weighted by molar-refractivity contribution is -0.146. The number of amides is 1. The maximum absolute atomic E-state index is 12.1. The number of nitrogens with one attached hydrogen (secondary N) is 1. The fraction of sp³-hybridized carbons (Fsp3) is 0.833. The maximum atomic E-state index is 12.1. The Morgan fingerprint density at radius 3 is 2.61 bits per heavy atom. The largest absolute Gasteiger partial charge is 0.469 e. The van der Waals surface area contributed by atoms with Gasteiger partial charge in [0.1, 0.15) is 0 Å². The first-order valence-corrected chi connectivity index (χ1v) is 6.12. The van der Waals surface area contributed by atoms with Crippen molar-refractivity contribution in [1.82, 2.24) is 10.2 Å². The number of hydrogen-bond donors (Lipinski definition) is 1. The van der Waals surface area contributed by atoms with Crippen molar-refractivity contribution in [3.05, 3.63) is 0 Å². The van der Waals surface area contributed by atoms with Crippen molar-refractivity contribution in [2.45, 2.75) is 32.2 Å². The highest BCUT2D eigenvalue weighted by molar-refractivity contribution is 5.85. The zero-order valence-electron chi connectivity index (χ0n) is 11.3. The summed E-state index contributed by atoms with van der Waals surface area (Å²) in [5, 5.41) is 3.21. The molecule has 0 radical (unpaired) electrons. The van der Waals surface area contributed by atoms with Gasteiger partial charge in [-0.2, -0.15) is 0 Å². The van der Waals surface area contributed by atoms with Gasteiger partial charge in [0.25, 0.3) is 0 Å². The number of esters is 1. The number of methoxy groups -OCH3 is 1. The molecule has 1 N–H and O–H groups in total. The molecule has 1 aliphatic heterocycles. The summed E-state index contributed by atoms with van der Waals surface area (Å²) in [6, 6.07) is -0.0846. The lowest BCUT2D eigenvalue weighted by atomic mass is 10.0. The second kappa shape index (κ2) is 8.32. The van der Waals surface area contributed by atoms with Gasteiger partial charge in [0, 0.05) is 13.6 Å². The summed E-state index contributed by atoms with van der Waals surface area (Å²) < 4.78 is 4.65. The highest BCUT2D eigenvalue weighted by Crippen LogP contribution is 2.10. The van der Waals surface area contributed by atoms with E-state index in [4.69, 9.17) is 0 Å². The van der Waals surface area contributed by atoms with E-state index in [-0.39, 0.29) is 36.2 Å². The second-order valence-electron chi connectivity index (χ2n) is 4.65. The molecule has 5 nitrogen and oxygen atoms in total. The predicted molar refractivity (Wildman–Crippen MR) is 71.7 cm³/mol. The van der Waals surface area contributed by atoms with Crippen molar-refractivity contribution in [2.24, 2.45) is 5.92 Å². The van der Waals surface area contributed by atoms with Crippen LogP contribution in [0, 0.1) is 5.92 Å². The smallest absolute Gasteiger partial charge is 0.310 e. The molecule has 1 aliphatic rings. The van der Waals surface area contributed by atoms with Gasteiger partial charge in [-0.25, -0.2) is 0 Å². The second-order valence-corrected chi connectivity index (χ2v) is 4.65. The fourth-order valence-electron chi connectivity index (χ4n) is 2.11. The van der Waals surface area contributed by atoms with Gasteiger partial charge in [-0.1, -0.05) is 13.3 Å². The third-order valence-corrected chi connectivity index (χ3v) is 3.14. The van der Waals surface area contributed by atoms with Crippen LogP contribution in [0.4, 0.5) is 0 Å². The molecule has 0 saturated carbocycles. The van der Waals surface area contributed by atoms with Crippen molar-refractivity contribution in [3.63, 3.8) is 0 Å². The number of carbonyl (C=O) groups excluding carboxylic acids is 2. The van der Waals surface area contributed by atoms with Gasteiger partial charge in [-0.05, 0) is 19.4 Å². The molecule has 2 atom stereocenters. The number of piperidine rings is 1. The molecule has 0 aromatic heterocycles. The van der Waals surface area contributed by atoms with Gasteiger partial charge in [0.15, 0.2) is 0 Å². The zero-order chi connectivity index (χ0) is 12.8. The lowest BCUT2D eigenvalue weighted by Gasteiger charge is -2.28. The molecule has 0 bridgehead atoms. The minimum absolute atomic E-state index is 0. The lowest BCUT2D eigenvalue weighted by Crippen LogP contribution is -2.48.